The van der Waals surface area contributed by atoms with E-state index < -0.39 is 0 Å². The fraction of sp³-hybridized carbons (Fsp3) is 0.0714. The molecule has 2 N–H and O–H groups in total. The first-order valence-electron chi connectivity index (χ1n) is 5.68. The highest BCUT2D eigenvalue weighted by molar-refractivity contribution is 7.13. The zero-order chi connectivity index (χ0) is 13.6. The predicted molar refractivity (Wildman–Crippen MR) is 75.8 cm³/mol. The van der Waals surface area contributed by atoms with Crippen LogP contribution >= 0.6 is 11.3 Å². The smallest absolute Gasteiger partial charge is 0.310 e. The molecule has 0 saturated carbocycles. The van der Waals surface area contributed by atoms with Gasteiger partial charge in [0.15, 0.2) is 0 Å². The van der Waals surface area contributed by atoms with Crippen LogP contribution < -0.4 is 4.87 Å². The zero-order valence-corrected chi connectivity index (χ0v) is 10.9. The van der Waals surface area contributed by atoms with Crippen LogP contribution in [0.4, 0.5) is 0 Å². The number of fused-ring (bicyclic) bond motifs is 1. The van der Waals surface area contributed by atoms with Crippen molar-refractivity contribution >= 4 is 22.1 Å². The normalized spacial score (nSPS) is 11.0. The number of aromatic hydroxyl groups is 2. The fourth-order valence-corrected chi connectivity index (χ4v) is 2.87. The molecule has 0 saturated heterocycles. The number of rotatable bonds is 1. The van der Waals surface area contributed by atoms with Gasteiger partial charge in [-0.05, 0) is 34.5 Å². The Morgan fingerprint density at radius 1 is 1.05 bits per heavy atom. The summed E-state index contributed by atoms with van der Waals surface area (Å²) in [7, 11) is 1.54. The minimum absolute atomic E-state index is 0.0203. The van der Waals surface area contributed by atoms with Crippen LogP contribution in [-0.4, -0.2) is 14.8 Å². The first-order valence-corrected chi connectivity index (χ1v) is 6.50. The van der Waals surface area contributed by atoms with Crippen LogP contribution in [0.2, 0.25) is 0 Å². The second-order valence-corrected chi connectivity index (χ2v) is 5.29. The van der Waals surface area contributed by atoms with Gasteiger partial charge >= 0.3 is 4.87 Å². The van der Waals surface area contributed by atoms with Crippen molar-refractivity contribution in [3.63, 3.8) is 0 Å². The highest BCUT2D eigenvalue weighted by atomic mass is 32.1. The summed E-state index contributed by atoms with van der Waals surface area (Å²) in [6.45, 7) is 0. The number of hydrogen-bond donors (Lipinski definition) is 2. The maximum atomic E-state index is 11.5. The van der Waals surface area contributed by atoms with Crippen molar-refractivity contribution in [1.82, 2.24) is 4.57 Å². The third-order valence-electron chi connectivity index (χ3n) is 3.07. The Bertz CT molecular complexity index is 832. The summed E-state index contributed by atoms with van der Waals surface area (Å²) < 4.78 is 1.22. The number of phenolic OH excluding ortho intramolecular Hbond substituents is 1. The van der Waals surface area contributed by atoms with E-state index in [2.05, 4.69) is 0 Å². The second kappa shape index (κ2) is 4.13. The van der Waals surface area contributed by atoms with Gasteiger partial charge in [-0.15, -0.1) is 0 Å². The van der Waals surface area contributed by atoms with Crippen molar-refractivity contribution in [2.75, 3.05) is 0 Å². The predicted octanol–water partition coefficient (Wildman–Crippen LogP) is 2.68. The van der Waals surface area contributed by atoms with Crippen molar-refractivity contribution in [3.8, 4) is 22.1 Å². The van der Waals surface area contributed by atoms with Crippen LogP contribution in [0, 0.1) is 0 Å². The molecule has 2 aromatic carbocycles. The number of nitrogens with zero attached hydrogens (tertiary/aromatic N) is 1. The third kappa shape index (κ3) is 1.88. The summed E-state index contributed by atoms with van der Waals surface area (Å²) in [6.07, 6.45) is 0. The van der Waals surface area contributed by atoms with Crippen LogP contribution in [0.25, 0.3) is 21.2 Å². The molecule has 96 valence electrons. The van der Waals surface area contributed by atoms with Crippen LogP contribution in [0.15, 0.2) is 41.2 Å². The molecule has 0 fully saturated rings. The standard InChI is InChI=1S/C14H11NO3S/c1-15-13(17)12(19-14(15)18)10-3-2-9-7-11(16)5-4-8(9)6-10/h2-7,16-17H,1H3. The molecular weight excluding hydrogens is 262 g/mol. The molecule has 0 aliphatic carbocycles. The van der Waals surface area contributed by atoms with Crippen molar-refractivity contribution < 1.29 is 10.2 Å². The van der Waals surface area contributed by atoms with E-state index in [1.807, 2.05) is 18.2 Å². The molecule has 0 amide bonds. The lowest BCUT2D eigenvalue weighted by Crippen LogP contribution is -2.05. The Labute approximate surface area is 112 Å². The molecule has 0 radical (unpaired) electrons. The topological polar surface area (TPSA) is 62.5 Å². The SMILES string of the molecule is Cn1c(O)c(-c2ccc3cc(O)ccc3c2)sc1=O. The van der Waals surface area contributed by atoms with E-state index in [0.717, 1.165) is 27.7 Å². The quantitative estimate of drug-likeness (QED) is 0.716. The Morgan fingerprint density at radius 3 is 2.42 bits per heavy atom. The molecule has 3 rings (SSSR count). The molecule has 0 spiro atoms. The van der Waals surface area contributed by atoms with E-state index in [9.17, 15) is 15.0 Å². The number of aromatic nitrogens is 1. The zero-order valence-electron chi connectivity index (χ0n) is 10.1. The molecule has 3 aromatic rings. The van der Waals surface area contributed by atoms with Crippen molar-refractivity contribution in [1.29, 1.82) is 0 Å². The molecular formula is C14H11NO3S. The first-order chi connectivity index (χ1) is 9.06. The summed E-state index contributed by atoms with van der Waals surface area (Å²) in [6, 6.07) is 10.7. The summed E-state index contributed by atoms with van der Waals surface area (Å²) in [5.74, 6) is 0.195. The molecule has 0 bridgehead atoms. The molecule has 0 atom stereocenters. The number of benzene rings is 2. The minimum atomic E-state index is -0.196. The Kier molecular flexibility index (Phi) is 2.57. The van der Waals surface area contributed by atoms with E-state index in [1.165, 1.54) is 11.6 Å². The molecule has 1 heterocycles. The largest absolute Gasteiger partial charge is 0.508 e. The van der Waals surface area contributed by atoms with Gasteiger partial charge in [0, 0.05) is 7.05 Å². The van der Waals surface area contributed by atoms with E-state index in [0.29, 0.717) is 4.88 Å². The molecule has 0 aliphatic rings. The van der Waals surface area contributed by atoms with Crippen LogP contribution in [0.1, 0.15) is 0 Å². The highest BCUT2D eigenvalue weighted by Crippen LogP contribution is 2.33. The monoisotopic (exact) mass is 273 g/mol. The molecule has 0 unspecified atom stereocenters. The van der Waals surface area contributed by atoms with Gasteiger partial charge in [-0.2, -0.15) is 0 Å². The Balaban J connectivity index is 2.23. The number of thiazole rings is 1. The second-order valence-electron chi connectivity index (χ2n) is 4.33. The van der Waals surface area contributed by atoms with E-state index in [-0.39, 0.29) is 16.5 Å². The molecule has 5 heteroatoms. The minimum Gasteiger partial charge on any atom is -0.508 e. The summed E-state index contributed by atoms with van der Waals surface area (Å²) >= 11 is 1.01. The molecule has 19 heavy (non-hydrogen) atoms. The van der Waals surface area contributed by atoms with Crippen LogP contribution in [0.5, 0.6) is 11.6 Å². The average molecular weight is 273 g/mol. The van der Waals surface area contributed by atoms with Gasteiger partial charge in [-0.1, -0.05) is 29.5 Å². The van der Waals surface area contributed by atoms with Gasteiger partial charge in [-0.25, -0.2) is 0 Å². The van der Waals surface area contributed by atoms with Gasteiger partial charge in [0.25, 0.3) is 0 Å². The van der Waals surface area contributed by atoms with Gasteiger partial charge in [-0.3, -0.25) is 9.36 Å². The van der Waals surface area contributed by atoms with Gasteiger partial charge in [0.05, 0.1) is 4.88 Å². The lowest BCUT2D eigenvalue weighted by molar-refractivity contribution is 0.431. The molecule has 1 aromatic heterocycles. The summed E-state index contributed by atoms with van der Waals surface area (Å²) in [4.78, 5) is 11.9. The lowest BCUT2D eigenvalue weighted by atomic mass is 10.1. The maximum absolute atomic E-state index is 11.5. The average Bonchev–Trinajstić information content (AvgIpc) is 2.66. The Hall–Kier alpha value is -2.27. The van der Waals surface area contributed by atoms with Gasteiger partial charge in [0.1, 0.15) is 5.75 Å². The Morgan fingerprint density at radius 2 is 1.74 bits per heavy atom. The van der Waals surface area contributed by atoms with Gasteiger partial charge < -0.3 is 10.2 Å². The first kappa shape index (κ1) is 11.8. The van der Waals surface area contributed by atoms with Gasteiger partial charge in [0.2, 0.25) is 5.88 Å². The van der Waals surface area contributed by atoms with Crippen molar-refractivity contribution in [2.45, 2.75) is 0 Å². The van der Waals surface area contributed by atoms with E-state index in [4.69, 9.17) is 0 Å². The molecule has 4 nitrogen and oxygen atoms in total. The fourth-order valence-electron chi connectivity index (χ4n) is 2.00. The van der Waals surface area contributed by atoms with Crippen LogP contribution in [-0.2, 0) is 7.05 Å². The van der Waals surface area contributed by atoms with Crippen LogP contribution in [0.3, 0.4) is 0 Å². The van der Waals surface area contributed by atoms with E-state index >= 15 is 0 Å². The summed E-state index contributed by atoms with van der Waals surface area (Å²) in [5.41, 5.74) is 0.790. The lowest BCUT2D eigenvalue weighted by Gasteiger charge is -2.03. The van der Waals surface area contributed by atoms with Crippen molar-refractivity contribution in [3.05, 3.63) is 46.1 Å². The maximum Gasteiger partial charge on any atom is 0.310 e. The molecule has 0 aliphatic heterocycles. The summed E-state index contributed by atoms with van der Waals surface area (Å²) in [5, 5.41) is 21.2. The van der Waals surface area contributed by atoms with E-state index in [1.54, 1.807) is 18.2 Å². The third-order valence-corrected chi connectivity index (χ3v) is 4.14. The number of phenols is 1. The van der Waals surface area contributed by atoms with Crippen molar-refractivity contribution in [2.24, 2.45) is 7.05 Å². The highest BCUT2D eigenvalue weighted by Gasteiger charge is 2.13. The number of hydrogen-bond acceptors (Lipinski definition) is 4.